The van der Waals surface area contributed by atoms with Crippen LogP contribution in [-0.2, 0) is 48.8 Å². The number of carboxylic acids is 1. The van der Waals surface area contributed by atoms with Gasteiger partial charge in [-0.2, -0.15) is 4.31 Å². The van der Waals surface area contributed by atoms with Crippen molar-refractivity contribution in [2.75, 3.05) is 32.8 Å². The Hall–Kier alpha value is -3.85. The van der Waals surface area contributed by atoms with Crippen molar-refractivity contribution < 1.29 is 37.3 Å². The van der Waals surface area contributed by atoms with E-state index in [1.807, 2.05) is 43.1 Å². The molecule has 2 atom stereocenters. The van der Waals surface area contributed by atoms with Crippen LogP contribution in [0, 0.1) is 24.2 Å². The number of nitrogens with zero attached hydrogens (tertiary/aromatic N) is 5. The first-order valence-corrected chi connectivity index (χ1v) is 19.2. The third-order valence-electron chi connectivity index (χ3n) is 10.4. The van der Waals surface area contributed by atoms with E-state index >= 15 is 0 Å². The van der Waals surface area contributed by atoms with E-state index in [1.165, 1.54) is 4.31 Å². The van der Waals surface area contributed by atoms with Crippen molar-refractivity contribution >= 4 is 21.9 Å². The molecule has 2 saturated heterocycles. The van der Waals surface area contributed by atoms with Crippen molar-refractivity contribution in [2.24, 2.45) is 17.3 Å². The van der Waals surface area contributed by atoms with Crippen LogP contribution in [0.4, 0.5) is 0 Å². The van der Waals surface area contributed by atoms with Gasteiger partial charge in [0.2, 0.25) is 15.9 Å². The average Bonchev–Trinajstić information content (AvgIpc) is 3.53. The van der Waals surface area contributed by atoms with Gasteiger partial charge in [-0.1, -0.05) is 35.5 Å². The Bertz CT molecular complexity index is 1810. The normalized spacial score (nSPS) is 21.0. The van der Waals surface area contributed by atoms with E-state index in [2.05, 4.69) is 10.3 Å². The summed E-state index contributed by atoms with van der Waals surface area (Å²) in [5.74, 6) is -0.0207. The predicted octanol–water partition coefficient (Wildman–Crippen LogP) is 4.59. The molecule has 1 amide bonds. The number of para-hydroxylation sites is 1. The SMILES string of the molecule is Cc1ccc(C(OCc2cn(CC3CCN(C(=O)C4CCOCC4)CC3)nn2)C(C)(C)C(=O)O)cc1CN1C[C@@H](C)Oc2ccccc2S1(=O)=O. The highest BCUT2D eigenvalue weighted by molar-refractivity contribution is 7.89. The average molecular weight is 724 g/mol. The van der Waals surface area contributed by atoms with Crippen LogP contribution < -0.4 is 4.74 Å². The number of rotatable bonds is 11. The molecule has 6 rings (SSSR count). The summed E-state index contributed by atoms with van der Waals surface area (Å²) in [5.41, 5.74) is 1.48. The predicted molar refractivity (Wildman–Crippen MR) is 187 cm³/mol. The van der Waals surface area contributed by atoms with Gasteiger partial charge >= 0.3 is 5.97 Å². The third kappa shape index (κ3) is 8.29. The molecular formula is C37H49N5O8S. The molecule has 14 heteroatoms. The first-order chi connectivity index (χ1) is 24.3. The quantitative estimate of drug-likeness (QED) is 0.297. The second-order valence-corrected chi connectivity index (χ2v) is 16.6. The zero-order chi connectivity index (χ0) is 36.3. The monoisotopic (exact) mass is 723 g/mol. The van der Waals surface area contributed by atoms with Crippen molar-refractivity contribution in [3.8, 4) is 5.75 Å². The summed E-state index contributed by atoms with van der Waals surface area (Å²) < 4.78 is 48.4. The molecule has 1 N–H and O–H groups in total. The molecular weight excluding hydrogens is 675 g/mol. The number of piperidine rings is 1. The molecule has 3 aliphatic rings. The Labute approximate surface area is 299 Å². The van der Waals surface area contributed by atoms with E-state index in [0.717, 1.165) is 49.9 Å². The third-order valence-corrected chi connectivity index (χ3v) is 12.3. The van der Waals surface area contributed by atoms with Crippen molar-refractivity contribution in [3.05, 3.63) is 71.0 Å². The molecule has 1 unspecified atom stereocenters. The maximum atomic E-state index is 13.8. The van der Waals surface area contributed by atoms with E-state index in [0.29, 0.717) is 42.7 Å². The molecule has 3 aromatic rings. The van der Waals surface area contributed by atoms with Crippen LogP contribution >= 0.6 is 0 Å². The largest absolute Gasteiger partial charge is 0.488 e. The van der Waals surface area contributed by atoms with E-state index in [9.17, 15) is 23.1 Å². The molecule has 0 radical (unpaired) electrons. The van der Waals surface area contributed by atoms with Gasteiger partial charge in [0.05, 0.1) is 30.9 Å². The molecule has 0 saturated carbocycles. The fourth-order valence-corrected chi connectivity index (χ4v) is 8.82. The summed E-state index contributed by atoms with van der Waals surface area (Å²) >= 11 is 0. The highest BCUT2D eigenvalue weighted by Crippen LogP contribution is 2.39. The van der Waals surface area contributed by atoms with Crippen LogP contribution in [0.25, 0.3) is 0 Å². The Kier molecular flexibility index (Phi) is 11.2. The van der Waals surface area contributed by atoms with Crippen LogP contribution in [0.15, 0.2) is 53.6 Å². The molecule has 13 nitrogen and oxygen atoms in total. The summed E-state index contributed by atoms with van der Waals surface area (Å²) in [6, 6.07) is 12.2. The lowest BCUT2D eigenvalue weighted by molar-refractivity contribution is -0.158. The molecule has 2 aromatic carbocycles. The van der Waals surface area contributed by atoms with Gasteiger partial charge in [0, 0.05) is 45.3 Å². The standard InChI is InChI=1S/C37H49N5O8S/c1-25-9-10-29(19-30(25)22-42-20-26(2)50-32-7-5-6-8-33(32)51(42,46)47)34(37(3,4)36(44)45)49-24-31-23-41(39-38-31)21-27-11-15-40(16-12-27)35(43)28-13-17-48-18-14-28/h5-10,19,23,26-28,34H,11-18,20-22,24H2,1-4H3,(H,44,45)/t26-,34?/m1/s1. The van der Waals surface area contributed by atoms with Gasteiger partial charge in [-0.25, -0.2) is 8.42 Å². The number of carboxylic acid groups (broad SMARTS) is 1. The van der Waals surface area contributed by atoms with Crippen LogP contribution in [0.2, 0.25) is 0 Å². The number of benzene rings is 2. The molecule has 1 aromatic heterocycles. The van der Waals surface area contributed by atoms with Gasteiger partial charge in [0.15, 0.2) is 0 Å². The number of ether oxygens (including phenoxy) is 3. The maximum Gasteiger partial charge on any atom is 0.312 e. The summed E-state index contributed by atoms with van der Waals surface area (Å²) in [4.78, 5) is 27.6. The fourth-order valence-electron chi connectivity index (χ4n) is 7.20. The Morgan fingerprint density at radius 1 is 1.08 bits per heavy atom. The lowest BCUT2D eigenvalue weighted by Crippen LogP contribution is -2.43. The second-order valence-electron chi connectivity index (χ2n) is 14.7. The number of aromatic nitrogens is 3. The first kappa shape index (κ1) is 36.9. The number of carbonyl (C=O) groups excluding carboxylic acids is 1. The minimum absolute atomic E-state index is 0.0365. The number of hydrogen-bond acceptors (Lipinski definition) is 9. The van der Waals surface area contributed by atoms with Gasteiger partial charge in [0.1, 0.15) is 22.4 Å². The van der Waals surface area contributed by atoms with Crippen LogP contribution in [0.1, 0.15) is 74.9 Å². The minimum atomic E-state index is -3.86. The zero-order valence-electron chi connectivity index (χ0n) is 29.9. The number of likely N-dealkylation sites (tertiary alicyclic amines) is 1. The topological polar surface area (TPSA) is 153 Å². The summed E-state index contributed by atoms with van der Waals surface area (Å²) in [5, 5.41) is 18.9. The van der Waals surface area contributed by atoms with E-state index < -0.39 is 27.5 Å². The van der Waals surface area contributed by atoms with Crippen molar-refractivity contribution in [2.45, 2.75) is 90.2 Å². The summed E-state index contributed by atoms with van der Waals surface area (Å²) in [7, 11) is -3.86. The molecule has 2 fully saturated rings. The molecule has 0 spiro atoms. The number of carbonyl (C=O) groups is 2. The Morgan fingerprint density at radius 3 is 2.53 bits per heavy atom. The van der Waals surface area contributed by atoms with Crippen molar-refractivity contribution in [1.82, 2.24) is 24.2 Å². The second kappa shape index (κ2) is 15.4. The van der Waals surface area contributed by atoms with Gasteiger partial charge < -0.3 is 24.2 Å². The van der Waals surface area contributed by atoms with Crippen molar-refractivity contribution in [3.63, 3.8) is 0 Å². The van der Waals surface area contributed by atoms with Gasteiger partial charge in [-0.3, -0.25) is 14.3 Å². The van der Waals surface area contributed by atoms with Gasteiger partial charge in [-0.05, 0) is 88.1 Å². The molecule has 0 aliphatic carbocycles. The van der Waals surface area contributed by atoms with E-state index in [4.69, 9.17) is 14.2 Å². The maximum absolute atomic E-state index is 13.8. The molecule has 276 valence electrons. The molecule has 4 heterocycles. The molecule has 0 bridgehead atoms. The number of aryl methyl sites for hydroxylation is 1. The Balaban J connectivity index is 1.12. The first-order valence-electron chi connectivity index (χ1n) is 17.8. The van der Waals surface area contributed by atoms with Gasteiger partial charge in [-0.15, -0.1) is 5.10 Å². The number of amides is 1. The van der Waals surface area contributed by atoms with E-state index in [1.54, 1.807) is 42.8 Å². The highest BCUT2D eigenvalue weighted by Gasteiger charge is 2.40. The lowest BCUT2D eigenvalue weighted by atomic mass is 9.81. The number of sulfonamides is 1. The summed E-state index contributed by atoms with van der Waals surface area (Å²) in [6.45, 7) is 10.7. The van der Waals surface area contributed by atoms with E-state index in [-0.39, 0.29) is 42.5 Å². The van der Waals surface area contributed by atoms with Gasteiger partial charge in [0.25, 0.3) is 0 Å². The zero-order valence-corrected chi connectivity index (χ0v) is 30.7. The fraction of sp³-hybridized carbons (Fsp3) is 0.568. The molecule has 3 aliphatic heterocycles. The van der Waals surface area contributed by atoms with Crippen LogP contribution in [-0.4, -0.2) is 88.6 Å². The van der Waals surface area contributed by atoms with Crippen molar-refractivity contribution in [1.29, 1.82) is 0 Å². The smallest absolute Gasteiger partial charge is 0.312 e. The Morgan fingerprint density at radius 2 is 1.80 bits per heavy atom. The number of hydrogen-bond donors (Lipinski definition) is 1. The number of aliphatic carboxylic acids is 1. The lowest BCUT2D eigenvalue weighted by Gasteiger charge is -2.35. The van der Waals surface area contributed by atoms with Crippen LogP contribution in [0.5, 0.6) is 5.75 Å². The minimum Gasteiger partial charge on any atom is -0.488 e. The molecule has 51 heavy (non-hydrogen) atoms. The van der Waals surface area contributed by atoms with Crippen LogP contribution in [0.3, 0.4) is 0 Å². The number of fused-ring (bicyclic) bond motifs is 1. The summed E-state index contributed by atoms with van der Waals surface area (Å²) in [6.07, 6.45) is 3.96. The highest BCUT2D eigenvalue weighted by atomic mass is 32.2.